The average molecular weight is 1130 g/mol. The molecule has 0 aliphatic heterocycles. The van der Waals surface area contributed by atoms with Crippen LogP contribution < -0.4 is 0 Å². The maximum absolute atomic E-state index is 12.9. The molecule has 0 saturated heterocycles. The second-order valence-corrected chi connectivity index (χ2v) is 22.7. The zero-order chi connectivity index (χ0) is 59.1. The van der Waals surface area contributed by atoms with Crippen molar-refractivity contribution in [3.63, 3.8) is 0 Å². The number of allylic oxidation sites excluding steroid dienone is 20. The monoisotopic (exact) mass is 1130 g/mol. The number of rotatable bonds is 59. The minimum atomic E-state index is -1.52. The Morgan fingerprint density at radius 2 is 0.667 bits per heavy atom. The molecule has 2 atom stereocenters. The molecular formula is C72H122NO8+. The van der Waals surface area contributed by atoms with Gasteiger partial charge in [0.25, 0.3) is 6.29 Å². The van der Waals surface area contributed by atoms with Crippen molar-refractivity contribution in [2.75, 3.05) is 47.5 Å². The van der Waals surface area contributed by atoms with Crippen LogP contribution in [0.1, 0.15) is 258 Å². The maximum atomic E-state index is 12.9. The smallest absolute Gasteiger partial charge is 0.361 e. The first-order valence-electron chi connectivity index (χ1n) is 32.7. The lowest BCUT2D eigenvalue weighted by Crippen LogP contribution is -2.40. The van der Waals surface area contributed by atoms with E-state index in [1.54, 1.807) is 0 Å². The lowest BCUT2D eigenvalue weighted by Gasteiger charge is -2.25. The summed E-state index contributed by atoms with van der Waals surface area (Å²) in [6.45, 7) is 4.64. The van der Waals surface area contributed by atoms with Crippen molar-refractivity contribution in [1.29, 1.82) is 0 Å². The molecule has 0 heterocycles. The summed E-state index contributed by atoms with van der Waals surface area (Å²) >= 11 is 0. The lowest BCUT2D eigenvalue weighted by atomic mass is 10.0. The van der Waals surface area contributed by atoms with Crippen LogP contribution in [0.25, 0.3) is 0 Å². The normalized spacial score (nSPS) is 13.5. The van der Waals surface area contributed by atoms with Crippen molar-refractivity contribution in [3.8, 4) is 0 Å². The number of ether oxygens (including phenoxy) is 4. The molecule has 0 aromatic rings. The molecule has 0 aliphatic carbocycles. The molecule has 0 radical (unpaired) electrons. The summed E-state index contributed by atoms with van der Waals surface area (Å²) in [5.41, 5.74) is 0. The summed E-state index contributed by atoms with van der Waals surface area (Å²) < 4.78 is 22.9. The third-order valence-electron chi connectivity index (χ3n) is 13.7. The first-order valence-corrected chi connectivity index (χ1v) is 32.7. The standard InChI is InChI=1S/C72H121NO8/c1-6-8-10-12-14-16-18-20-22-24-25-26-27-28-29-30-31-32-33-34-35-36-37-38-39-40-41-42-43-44-45-47-49-51-53-55-57-59-61-63-70(75)81-68(67-80-72(71(76)77)78-65-64-73(3,4)5)66-79-69(74)62-60-58-56-54-52-50-48-46-23-21-19-17-15-13-11-9-7-2/h8-11,14-17,20-23,25-26,28-29,31-32,34-35,68,72H,6-7,12-13,18-19,24,27,30,33,36-67H2,1-5H3/p+1/b10-8-,11-9-,16-14-,17-15-,22-20-,23-21-,26-25-,29-28-,32-31-,35-34-. The van der Waals surface area contributed by atoms with Crippen LogP contribution in [-0.2, 0) is 33.3 Å². The van der Waals surface area contributed by atoms with Gasteiger partial charge in [-0.25, -0.2) is 4.79 Å². The van der Waals surface area contributed by atoms with E-state index in [1.807, 2.05) is 21.1 Å². The van der Waals surface area contributed by atoms with E-state index in [0.29, 0.717) is 17.4 Å². The second-order valence-electron chi connectivity index (χ2n) is 22.7. The van der Waals surface area contributed by atoms with Crippen LogP contribution in [-0.4, -0.2) is 87.4 Å². The third-order valence-corrected chi connectivity index (χ3v) is 13.7. The highest BCUT2D eigenvalue weighted by Gasteiger charge is 2.25. The number of carbonyl (C=O) groups is 3. The SMILES string of the molecule is CC/C=C\C/C=C\C/C=C\C/C=C\C/C=C\C/C=C\C/C=C\CCCCCCCCCCCCCCCCCCCC(=O)OC(COC(=O)CCCCCCCCC/C=C\C/C=C\C/C=C\CC)COC(OCC[N+](C)(C)C)C(=O)O. The Labute approximate surface area is 497 Å². The molecule has 0 aromatic heterocycles. The van der Waals surface area contributed by atoms with Gasteiger partial charge in [-0.15, -0.1) is 0 Å². The molecule has 9 nitrogen and oxygen atoms in total. The topological polar surface area (TPSA) is 108 Å². The fraction of sp³-hybridized carbons (Fsp3) is 0.681. The van der Waals surface area contributed by atoms with Crippen LogP contribution in [0.2, 0.25) is 0 Å². The second kappa shape index (κ2) is 61.8. The molecule has 9 heteroatoms. The van der Waals surface area contributed by atoms with Gasteiger partial charge in [-0.05, 0) is 103 Å². The molecule has 0 aliphatic rings. The zero-order valence-electron chi connectivity index (χ0n) is 52.7. The van der Waals surface area contributed by atoms with Crippen molar-refractivity contribution in [2.24, 2.45) is 0 Å². The van der Waals surface area contributed by atoms with Gasteiger partial charge in [-0.2, -0.15) is 0 Å². The largest absolute Gasteiger partial charge is 0.477 e. The number of carbonyl (C=O) groups excluding carboxylic acids is 2. The fourth-order valence-corrected chi connectivity index (χ4v) is 8.77. The van der Waals surface area contributed by atoms with Gasteiger partial charge in [0.05, 0.1) is 34.4 Å². The first-order chi connectivity index (χ1) is 39.6. The number of carboxylic acids is 1. The van der Waals surface area contributed by atoms with E-state index in [9.17, 15) is 19.5 Å². The molecule has 2 unspecified atom stereocenters. The predicted octanol–water partition coefficient (Wildman–Crippen LogP) is 20.0. The predicted molar refractivity (Wildman–Crippen MR) is 345 cm³/mol. The van der Waals surface area contributed by atoms with Gasteiger partial charge in [0.1, 0.15) is 13.2 Å². The van der Waals surface area contributed by atoms with E-state index in [4.69, 9.17) is 18.9 Å². The molecule has 1 N–H and O–H groups in total. The number of hydrogen-bond donors (Lipinski definition) is 1. The minimum absolute atomic E-state index is 0.182. The average Bonchev–Trinajstić information content (AvgIpc) is 3.44. The number of nitrogens with zero attached hydrogens (tertiary/aromatic N) is 1. The van der Waals surface area contributed by atoms with E-state index in [0.717, 1.165) is 109 Å². The third kappa shape index (κ3) is 63.1. The Hall–Kier alpha value is -4.31. The maximum Gasteiger partial charge on any atom is 0.361 e. The van der Waals surface area contributed by atoms with Crippen molar-refractivity contribution >= 4 is 17.9 Å². The molecule has 0 spiro atoms. The van der Waals surface area contributed by atoms with Crippen LogP contribution in [0.15, 0.2) is 122 Å². The number of aliphatic carboxylic acids is 1. The van der Waals surface area contributed by atoms with Gasteiger partial charge >= 0.3 is 17.9 Å². The fourth-order valence-electron chi connectivity index (χ4n) is 8.77. The van der Waals surface area contributed by atoms with Crippen molar-refractivity contribution in [3.05, 3.63) is 122 Å². The van der Waals surface area contributed by atoms with Crippen molar-refractivity contribution in [1.82, 2.24) is 0 Å². The Morgan fingerprint density at radius 1 is 0.370 bits per heavy atom. The van der Waals surface area contributed by atoms with Crippen LogP contribution in [0, 0.1) is 0 Å². The van der Waals surface area contributed by atoms with E-state index in [-0.39, 0.29) is 38.6 Å². The summed E-state index contributed by atoms with van der Waals surface area (Å²) in [6.07, 6.45) is 84.5. The molecule has 462 valence electrons. The highest BCUT2D eigenvalue weighted by molar-refractivity contribution is 5.71. The summed E-state index contributed by atoms with van der Waals surface area (Å²) in [6, 6.07) is 0. The highest BCUT2D eigenvalue weighted by Crippen LogP contribution is 2.16. The number of carboxylic acid groups (broad SMARTS) is 1. The lowest BCUT2D eigenvalue weighted by molar-refractivity contribution is -0.870. The van der Waals surface area contributed by atoms with Gasteiger partial charge in [-0.1, -0.05) is 264 Å². The Bertz CT molecular complexity index is 1740. The van der Waals surface area contributed by atoms with E-state index in [2.05, 4.69) is 135 Å². The molecule has 0 rings (SSSR count). The first kappa shape index (κ1) is 76.7. The van der Waals surface area contributed by atoms with Crippen LogP contribution >= 0.6 is 0 Å². The molecule has 0 amide bonds. The quantitative estimate of drug-likeness (QED) is 0.0211. The van der Waals surface area contributed by atoms with Gasteiger partial charge in [-0.3, -0.25) is 9.59 Å². The molecule has 81 heavy (non-hydrogen) atoms. The van der Waals surface area contributed by atoms with E-state index in [1.165, 1.54) is 116 Å². The number of esters is 2. The number of quaternary nitrogens is 1. The van der Waals surface area contributed by atoms with E-state index < -0.39 is 24.3 Å². The van der Waals surface area contributed by atoms with Crippen LogP contribution in [0.3, 0.4) is 0 Å². The van der Waals surface area contributed by atoms with Gasteiger partial charge < -0.3 is 28.5 Å². The molecule has 0 fully saturated rings. The Kier molecular flexibility index (Phi) is 58.5. The number of unbranched alkanes of at least 4 members (excludes halogenated alkanes) is 24. The summed E-state index contributed by atoms with van der Waals surface area (Å²) in [7, 11) is 5.96. The molecule has 0 saturated carbocycles. The highest BCUT2D eigenvalue weighted by atomic mass is 16.7. The Balaban J connectivity index is 4.07. The van der Waals surface area contributed by atoms with E-state index >= 15 is 0 Å². The number of hydrogen-bond acceptors (Lipinski definition) is 7. The minimum Gasteiger partial charge on any atom is -0.477 e. The van der Waals surface area contributed by atoms with Crippen LogP contribution in [0.5, 0.6) is 0 Å². The molecule has 0 aromatic carbocycles. The van der Waals surface area contributed by atoms with Gasteiger partial charge in [0.2, 0.25) is 0 Å². The summed E-state index contributed by atoms with van der Waals surface area (Å²) in [5, 5.41) is 9.72. The van der Waals surface area contributed by atoms with Crippen LogP contribution in [0.4, 0.5) is 0 Å². The van der Waals surface area contributed by atoms with Gasteiger partial charge in [0, 0.05) is 12.8 Å². The van der Waals surface area contributed by atoms with Crippen molar-refractivity contribution < 1.29 is 42.9 Å². The summed E-state index contributed by atoms with van der Waals surface area (Å²) in [5.74, 6) is -2.02. The van der Waals surface area contributed by atoms with Gasteiger partial charge in [0.15, 0.2) is 6.10 Å². The summed E-state index contributed by atoms with van der Waals surface area (Å²) in [4.78, 5) is 37.5. The molecule has 0 bridgehead atoms. The van der Waals surface area contributed by atoms with Crippen molar-refractivity contribution in [2.45, 2.75) is 270 Å². The number of likely N-dealkylation sites (N-methyl/N-ethyl adjacent to an activating group) is 1. The zero-order valence-corrected chi connectivity index (χ0v) is 52.7. The Morgan fingerprint density at radius 3 is 0.988 bits per heavy atom. The molecular weight excluding hydrogens is 1010 g/mol.